The smallest absolute Gasteiger partial charge is 0.275 e. The van der Waals surface area contributed by atoms with Crippen molar-refractivity contribution in [3.8, 4) is 56.5 Å². The number of nitrogens with zero attached hydrogens (tertiary/aromatic N) is 11. The molecule has 0 radical (unpaired) electrons. The molecule has 150 heavy (non-hydrogen) atoms. The topological polar surface area (TPSA) is 476 Å². The fourth-order valence-electron chi connectivity index (χ4n) is 16.3. The molecule has 12 N–H and O–H groups in total. The molecule has 0 unspecified atom stereocenters. The summed E-state index contributed by atoms with van der Waals surface area (Å²) in [6, 6.07) is 46.2. The Balaban J connectivity index is 0.000000140. The van der Waals surface area contributed by atoms with Crippen LogP contribution >= 0.6 is 68.3 Å². The first-order valence-electron chi connectivity index (χ1n) is 46.0. The van der Waals surface area contributed by atoms with Crippen molar-refractivity contribution in [3.63, 3.8) is 0 Å². The molecule has 39 heteroatoms. The van der Waals surface area contributed by atoms with Crippen LogP contribution in [-0.2, 0) is 79.3 Å². The first-order chi connectivity index (χ1) is 72.6. The lowest BCUT2D eigenvalue weighted by atomic mass is 10.0. The van der Waals surface area contributed by atoms with Crippen molar-refractivity contribution in [2.45, 2.75) is 100 Å². The predicted octanol–water partition coefficient (Wildman–Crippen LogP) is 18.7. The van der Waals surface area contributed by atoms with E-state index < -0.39 is 11.5 Å². The zero-order valence-corrected chi connectivity index (χ0v) is 85.6. The zero-order valence-electron chi connectivity index (χ0n) is 80.8. The number of thiazole rings is 5. The molecule has 19 rings (SSSR count). The summed E-state index contributed by atoms with van der Waals surface area (Å²) >= 11 is 13.5. The first-order valence-corrected chi connectivity index (χ1v) is 50.7. The number of nitro benzene ring substituents is 1. The predicted molar refractivity (Wildman–Crippen MR) is 576 cm³/mol. The van der Waals surface area contributed by atoms with Crippen LogP contribution < -0.4 is 9.47 Å². The number of aryl methyl sites for hydroxylation is 3. The number of carbonyl (C=O) groups excluding carboxylic acids is 5. The number of aliphatic hydroxyl groups is 12. The number of ether oxygens (including phenoxy) is 2. The molecule has 9 aromatic carbocycles. The number of halogens is 2. The zero-order chi connectivity index (χ0) is 107. The van der Waals surface area contributed by atoms with Crippen LogP contribution in [0.25, 0.3) is 100 Å². The monoisotopic (exact) mass is 2130 g/mol. The number of carbonyl (C=O) groups is 5. The van der Waals surface area contributed by atoms with Gasteiger partial charge in [-0.2, -0.15) is 0 Å². The van der Waals surface area contributed by atoms with E-state index in [0.29, 0.717) is 133 Å². The number of aliphatic hydroxyl groups excluding tert-OH is 12. The van der Waals surface area contributed by atoms with Crippen molar-refractivity contribution in [3.05, 3.63) is 407 Å². The second-order valence-electron chi connectivity index (χ2n) is 33.4. The third kappa shape index (κ3) is 24.6. The van der Waals surface area contributed by atoms with Crippen LogP contribution in [0.3, 0.4) is 0 Å². The SMILES string of the molecule is COc1cc(C(=O)/C=C/c2c(-c3ccc(F)cc3)nc3sc(C)cn23)cc(CO)c1CO.COc1cc(C(=O)/C=C/c2c(C)nc3sc(C)cn23)cc(CO)c1CO.O=C(/C=C/c1c(-c2ccc(CO)c([N+](=O)[O-])c2)nc2sccn12)c1ccc(CO)c(CO)c1.O=C(/C=C/c1c(-c2ccc(CO)cc2)nc2sccn12)c1ccc(CO)c(CO)c1.O=C(/C=C/c1c(-c2ccc(Cl)cc2)nc2sccn12)c1ccc(CO)c(CO)c1. The lowest BCUT2D eigenvalue weighted by Gasteiger charge is -2.12. The van der Waals surface area contributed by atoms with Gasteiger partial charge >= 0.3 is 0 Å². The summed E-state index contributed by atoms with van der Waals surface area (Å²) in [7, 11) is 2.90. The molecule has 766 valence electrons. The summed E-state index contributed by atoms with van der Waals surface area (Å²) in [6.45, 7) is 2.82. The Labute approximate surface area is 880 Å². The van der Waals surface area contributed by atoms with Gasteiger partial charge in [0.2, 0.25) is 0 Å². The number of ketones is 5. The highest BCUT2D eigenvalue weighted by atomic mass is 35.5. The first kappa shape index (κ1) is 109. The van der Waals surface area contributed by atoms with E-state index in [0.717, 1.165) is 86.0 Å². The molecule has 0 spiro atoms. The number of imidazole rings is 5. The molecule has 19 aromatic rings. The number of nitro groups is 1. The van der Waals surface area contributed by atoms with Crippen molar-refractivity contribution in [1.29, 1.82) is 0 Å². The summed E-state index contributed by atoms with van der Waals surface area (Å²) in [6.07, 6.45) is 25.3. The average molecular weight is 2140 g/mol. The number of methoxy groups -OCH3 is 2. The van der Waals surface area contributed by atoms with Crippen LogP contribution in [-0.4, -0.2) is 156 Å². The maximum atomic E-state index is 13.4. The number of benzene rings is 9. The normalized spacial score (nSPS) is 11.5. The largest absolute Gasteiger partial charge is 0.496 e. The molecule has 0 atom stereocenters. The summed E-state index contributed by atoms with van der Waals surface area (Å²) in [5.41, 5.74) is 18.1. The molecule has 0 aliphatic rings. The van der Waals surface area contributed by atoms with Crippen molar-refractivity contribution in [2.75, 3.05) is 14.2 Å². The Morgan fingerprint density at radius 3 is 1.03 bits per heavy atom. The Bertz CT molecular complexity index is 8330. The average Bonchev–Trinajstić information content (AvgIpc) is 1.72. The van der Waals surface area contributed by atoms with Gasteiger partial charge in [0.05, 0.1) is 161 Å². The maximum absolute atomic E-state index is 13.4. The lowest BCUT2D eigenvalue weighted by Crippen LogP contribution is -2.04. The van der Waals surface area contributed by atoms with Gasteiger partial charge in [-0.05, 0) is 217 Å². The van der Waals surface area contributed by atoms with E-state index in [9.17, 15) is 99.8 Å². The molecule has 0 fully saturated rings. The van der Waals surface area contributed by atoms with E-state index >= 15 is 0 Å². The molecule has 0 aliphatic heterocycles. The molecule has 32 nitrogen and oxygen atoms in total. The number of allylic oxidation sites excluding steroid dienone is 5. The summed E-state index contributed by atoms with van der Waals surface area (Å²) in [5, 5.41) is 131. The second kappa shape index (κ2) is 50.1. The van der Waals surface area contributed by atoms with Gasteiger partial charge in [0.25, 0.3) is 5.69 Å². The van der Waals surface area contributed by atoms with Crippen molar-refractivity contribution < 1.29 is 104 Å². The van der Waals surface area contributed by atoms with Gasteiger partial charge in [0.15, 0.2) is 53.7 Å². The minimum atomic E-state index is -0.554. The standard InChI is InChI=1S/C24H21FN2O4S.C23H19N3O6S.C23H20N2O4S.C22H17ClN2O3S.C19H20N2O4S/c1-14-11-27-20(23(26-24(27)32-14)15-3-5-18(25)6-4-15)7-8-21(30)16-9-17(12-28)19(13-29)22(10-16)31-2;27-11-16-3-1-14(9-18(16)13-29)21(30)6-5-19-22(24-23-25(19)7-8-33-23)15-2-4-17(12-28)20(10-15)26(31)32;26-12-15-1-3-16(4-2-15)22-20(25-9-10-30-23(25)24-22)7-8-21(29)17-5-6-18(13-27)19(11-17)14-28;23-18-5-3-14(4-6-18)21-19(25-9-10-29-22(25)24-21)7-8-20(28)15-1-2-16(12-26)17(11-15)13-27;1-11-8-21-16(12(2)20-19(21)26-11)4-5-17(24)13-6-14(9-22)15(10-23)18(7-13)25-3/h3-11,28-29H,12-13H2,1-2H3;1-10,27-29H,11-13H2;1-11,26-28H,12-14H2;1-11,26-27H,12-13H2;4-8,22-23H,9-10H2,1-3H3/b8-7+;6-5+;2*8-7+;5-4+. The summed E-state index contributed by atoms with van der Waals surface area (Å²) in [4.78, 5) is 104. The van der Waals surface area contributed by atoms with E-state index in [-0.39, 0.29) is 119 Å². The van der Waals surface area contributed by atoms with Crippen molar-refractivity contribution in [2.24, 2.45) is 0 Å². The molecular weight excluding hydrogens is 2040 g/mol. The number of fused-ring (bicyclic) bond motifs is 5. The van der Waals surface area contributed by atoms with Gasteiger partial charge < -0.3 is 70.8 Å². The Morgan fingerprint density at radius 1 is 0.353 bits per heavy atom. The molecular formula is C111H97ClFN11O21S5. The van der Waals surface area contributed by atoms with Gasteiger partial charge in [-0.15, -0.1) is 56.7 Å². The minimum Gasteiger partial charge on any atom is -0.496 e. The third-order valence-corrected chi connectivity index (χ3v) is 28.5. The molecule has 10 aromatic heterocycles. The van der Waals surface area contributed by atoms with Crippen molar-refractivity contribution >= 4 is 158 Å². The van der Waals surface area contributed by atoms with Gasteiger partial charge in [-0.25, -0.2) is 29.3 Å². The van der Waals surface area contributed by atoms with Gasteiger partial charge in [0, 0.05) is 129 Å². The van der Waals surface area contributed by atoms with E-state index in [2.05, 4.69) is 19.9 Å². The Morgan fingerprint density at radius 2 is 0.667 bits per heavy atom. The fraction of sp³-hybridized carbons (Fsp3) is 0.153. The highest BCUT2D eigenvalue weighted by Crippen LogP contribution is 2.38. The third-order valence-electron chi connectivity index (χ3n) is 24.1. The van der Waals surface area contributed by atoms with E-state index in [1.165, 1.54) is 120 Å². The highest BCUT2D eigenvalue weighted by molar-refractivity contribution is 7.17. The highest BCUT2D eigenvalue weighted by Gasteiger charge is 2.25. The second-order valence-corrected chi connectivity index (χ2v) is 38.9. The van der Waals surface area contributed by atoms with Crippen LogP contribution in [0.4, 0.5) is 10.1 Å². The fourth-order valence-corrected chi connectivity index (χ4v) is 20.3. The van der Waals surface area contributed by atoms with Crippen LogP contribution in [0.15, 0.2) is 247 Å². The number of hydrogen-bond donors (Lipinski definition) is 12. The molecule has 0 amide bonds. The Kier molecular flexibility index (Phi) is 36.3. The van der Waals surface area contributed by atoms with Gasteiger partial charge in [-0.1, -0.05) is 90.5 Å². The molecule has 0 saturated carbocycles. The lowest BCUT2D eigenvalue weighted by molar-refractivity contribution is -0.385. The van der Waals surface area contributed by atoms with Crippen LogP contribution in [0.5, 0.6) is 11.5 Å². The van der Waals surface area contributed by atoms with E-state index in [4.69, 9.17) is 26.1 Å². The number of aromatic nitrogens is 10. The summed E-state index contributed by atoms with van der Waals surface area (Å²) < 4.78 is 33.4. The Hall–Kier alpha value is -15.4. The van der Waals surface area contributed by atoms with E-state index in [1.54, 1.807) is 143 Å². The quantitative estimate of drug-likeness (QED) is 0.00771. The van der Waals surface area contributed by atoms with Crippen LogP contribution in [0.1, 0.15) is 162 Å². The van der Waals surface area contributed by atoms with Gasteiger partial charge in [0.1, 0.15) is 17.3 Å². The molecule has 0 aliphatic carbocycles. The number of hydrogen-bond acceptors (Lipinski definition) is 31. The van der Waals surface area contributed by atoms with Crippen molar-refractivity contribution in [1.82, 2.24) is 46.9 Å². The van der Waals surface area contributed by atoms with Crippen LogP contribution in [0, 0.1) is 36.7 Å². The summed E-state index contributed by atoms with van der Waals surface area (Å²) in [5.74, 6) is -0.851. The molecule has 10 heterocycles. The van der Waals surface area contributed by atoms with Gasteiger partial charge in [-0.3, -0.25) is 56.1 Å². The maximum Gasteiger partial charge on any atom is 0.275 e. The van der Waals surface area contributed by atoms with Crippen LogP contribution in [0.2, 0.25) is 5.02 Å². The molecule has 0 bridgehead atoms. The number of rotatable bonds is 34. The molecule has 0 saturated heterocycles. The van der Waals surface area contributed by atoms with E-state index in [1.807, 2.05) is 128 Å². The minimum absolute atomic E-state index is 0.0231.